The summed E-state index contributed by atoms with van der Waals surface area (Å²) in [6.45, 7) is 10.4. The van der Waals surface area contributed by atoms with Crippen LogP contribution in [0.3, 0.4) is 0 Å². The molecule has 0 saturated carbocycles. The van der Waals surface area contributed by atoms with E-state index in [2.05, 4.69) is 50.2 Å². The van der Waals surface area contributed by atoms with Crippen LogP contribution in [0.25, 0.3) is 0 Å². The average molecular weight is 238 g/mol. The van der Waals surface area contributed by atoms with E-state index in [4.69, 9.17) is 4.42 Å². The molecule has 0 spiro atoms. The van der Waals surface area contributed by atoms with Gasteiger partial charge in [0.2, 0.25) is 0 Å². The first kappa shape index (κ1) is 14.3. The third-order valence-corrected chi connectivity index (χ3v) is 2.78. The first-order valence-corrected chi connectivity index (χ1v) is 6.58. The van der Waals surface area contributed by atoms with Crippen LogP contribution in [0, 0.1) is 5.92 Å². The van der Waals surface area contributed by atoms with Gasteiger partial charge in [0.05, 0.1) is 13.1 Å². The Labute approximate surface area is 105 Å². The molecule has 1 rings (SSSR count). The Morgan fingerprint density at radius 3 is 2.65 bits per heavy atom. The first-order chi connectivity index (χ1) is 8.11. The third kappa shape index (κ3) is 5.89. The molecule has 1 aromatic rings. The van der Waals surface area contributed by atoms with E-state index < -0.39 is 0 Å². The van der Waals surface area contributed by atoms with Gasteiger partial charge < -0.3 is 9.73 Å². The van der Waals surface area contributed by atoms with E-state index in [1.54, 1.807) is 0 Å². The van der Waals surface area contributed by atoms with Crippen LogP contribution in [0.5, 0.6) is 0 Å². The van der Waals surface area contributed by atoms with E-state index in [1.807, 2.05) is 0 Å². The van der Waals surface area contributed by atoms with Crippen molar-refractivity contribution in [3.8, 4) is 0 Å². The molecule has 0 saturated heterocycles. The van der Waals surface area contributed by atoms with Crippen LogP contribution in [0.15, 0.2) is 16.5 Å². The quantitative estimate of drug-likeness (QED) is 0.755. The number of rotatable bonds is 8. The number of furan rings is 1. The van der Waals surface area contributed by atoms with Gasteiger partial charge in [-0.2, -0.15) is 0 Å². The molecule has 0 atom stereocenters. The zero-order valence-electron chi connectivity index (χ0n) is 11.6. The van der Waals surface area contributed by atoms with Gasteiger partial charge in [-0.3, -0.25) is 4.90 Å². The van der Waals surface area contributed by atoms with Crippen LogP contribution in [-0.4, -0.2) is 25.0 Å². The summed E-state index contributed by atoms with van der Waals surface area (Å²) < 4.78 is 5.76. The van der Waals surface area contributed by atoms with E-state index in [0.29, 0.717) is 0 Å². The van der Waals surface area contributed by atoms with Crippen LogP contribution in [-0.2, 0) is 13.1 Å². The van der Waals surface area contributed by atoms with Crippen LogP contribution in [0.2, 0.25) is 0 Å². The van der Waals surface area contributed by atoms with Gasteiger partial charge in [0, 0.05) is 0 Å². The summed E-state index contributed by atoms with van der Waals surface area (Å²) in [6.07, 6.45) is 1.24. The van der Waals surface area contributed by atoms with Gasteiger partial charge in [-0.25, -0.2) is 0 Å². The molecule has 17 heavy (non-hydrogen) atoms. The van der Waals surface area contributed by atoms with Gasteiger partial charge >= 0.3 is 0 Å². The molecular weight excluding hydrogens is 212 g/mol. The second-order valence-corrected chi connectivity index (χ2v) is 5.07. The van der Waals surface area contributed by atoms with Crippen molar-refractivity contribution in [2.45, 2.75) is 40.3 Å². The smallest absolute Gasteiger partial charge is 0.118 e. The zero-order valence-corrected chi connectivity index (χ0v) is 11.6. The van der Waals surface area contributed by atoms with Gasteiger partial charge in [-0.15, -0.1) is 0 Å². The SMILES string of the molecule is CCNCc1ccc(CN(C)CCC(C)C)o1. The van der Waals surface area contributed by atoms with Gasteiger partial charge in [-0.05, 0) is 44.6 Å². The lowest BCUT2D eigenvalue weighted by molar-refractivity contribution is 0.274. The number of hydrogen-bond acceptors (Lipinski definition) is 3. The molecule has 0 bridgehead atoms. The first-order valence-electron chi connectivity index (χ1n) is 6.58. The maximum absolute atomic E-state index is 5.76. The van der Waals surface area contributed by atoms with Crippen molar-refractivity contribution >= 4 is 0 Å². The lowest BCUT2D eigenvalue weighted by Crippen LogP contribution is -2.20. The van der Waals surface area contributed by atoms with Gasteiger partial charge in [0.15, 0.2) is 0 Å². The highest BCUT2D eigenvalue weighted by atomic mass is 16.3. The van der Waals surface area contributed by atoms with Crippen LogP contribution in [0.4, 0.5) is 0 Å². The molecule has 0 fully saturated rings. The van der Waals surface area contributed by atoms with E-state index >= 15 is 0 Å². The molecule has 0 radical (unpaired) electrons. The highest BCUT2D eigenvalue weighted by Crippen LogP contribution is 2.11. The summed E-state index contributed by atoms with van der Waals surface area (Å²) in [6, 6.07) is 4.15. The summed E-state index contributed by atoms with van der Waals surface area (Å²) in [5.41, 5.74) is 0. The predicted octanol–water partition coefficient (Wildman–Crippen LogP) is 2.87. The van der Waals surface area contributed by atoms with E-state index in [1.165, 1.54) is 6.42 Å². The summed E-state index contributed by atoms with van der Waals surface area (Å²) in [5.74, 6) is 2.85. The lowest BCUT2D eigenvalue weighted by Gasteiger charge is -2.16. The normalized spacial score (nSPS) is 11.6. The maximum Gasteiger partial charge on any atom is 0.118 e. The fraction of sp³-hybridized carbons (Fsp3) is 0.714. The van der Waals surface area contributed by atoms with Crippen molar-refractivity contribution in [1.82, 2.24) is 10.2 Å². The standard InChI is InChI=1S/C14H26N2O/c1-5-15-10-13-6-7-14(17-13)11-16(4)9-8-12(2)3/h6-7,12,15H,5,8-11H2,1-4H3. The molecular formula is C14H26N2O. The van der Waals surface area contributed by atoms with Crippen molar-refractivity contribution in [2.24, 2.45) is 5.92 Å². The topological polar surface area (TPSA) is 28.4 Å². The van der Waals surface area contributed by atoms with E-state index in [0.717, 1.165) is 43.6 Å². The molecule has 0 aliphatic rings. The Morgan fingerprint density at radius 1 is 1.29 bits per heavy atom. The Balaban J connectivity index is 2.32. The molecule has 0 unspecified atom stereocenters. The van der Waals surface area contributed by atoms with Crippen molar-refractivity contribution in [3.63, 3.8) is 0 Å². The number of nitrogens with one attached hydrogen (secondary N) is 1. The second kappa shape index (κ2) is 7.51. The predicted molar refractivity (Wildman–Crippen MR) is 71.9 cm³/mol. The Kier molecular flexibility index (Phi) is 6.30. The fourth-order valence-electron chi connectivity index (χ4n) is 1.67. The van der Waals surface area contributed by atoms with Gasteiger partial charge in [-0.1, -0.05) is 20.8 Å². The lowest BCUT2D eigenvalue weighted by atomic mass is 10.1. The molecule has 1 heterocycles. The molecule has 0 amide bonds. The monoisotopic (exact) mass is 238 g/mol. The van der Waals surface area contributed by atoms with Crippen molar-refractivity contribution in [3.05, 3.63) is 23.7 Å². The largest absolute Gasteiger partial charge is 0.463 e. The third-order valence-electron chi connectivity index (χ3n) is 2.78. The molecule has 0 aliphatic heterocycles. The molecule has 1 N–H and O–H groups in total. The summed E-state index contributed by atoms with van der Waals surface area (Å²) in [5, 5.41) is 3.26. The van der Waals surface area contributed by atoms with E-state index in [9.17, 15) is 0 Å². The summed E-state index contributed by atoms with van der Waals surface area (Å²) >= 11 is 0. The molecule has 3 heteroatoms. The van der Waals surface area contributed by atoms with Gasteiger partial charge in [0.25, 0.3) is 0 Å². The summed E-state index contributed by atoms with van der Waals surface area (Å²) in [4.78, 5) is 2.32. The average Bonchev–Trinajstić information content (AvgIpc) is 2.71. The van der Waals surface area contributed by atoms with Crippen LogP contribution < -0.4 is 5.32 Å². The highest BCUT2D eigenvalue weighted by Gasteiger charge is 2.06. The molecule has 98 valence electrons. The van der Waals surface area contributed by atoms with Crippen LogP contribution in [0.1, 0.15) is 38.7 Å². The zero-order chi connectivity index (χ0) is 12.7. The Hall–Kier alpha value is -0.800. The minimum atomic E-state index is 0.762. The van der Waals surface area contributed by atoms with Crippen molar-refractivity contribution < 1.29 is 4.42 Å². The molecule has 0 aromatic carbocycles. The van der Waals surface area contributed by atoms with Crippen LogP contribution >= 0.6 is 0 Å². The Morgan fingerprint density at radius 2 is 2.00 bits per heavy atom. The van der Waals surface area contributed by atoms with E-state index in [-0.39, 0.29) is 0 Å². The second-order valence-electron chi connectivity index (χ2n) is 5.07. The minimum Gasteiger partial charge on any atom is -0.463 e. The number of nitrogens with zero attached hydrogens (tertiary/aromatic N) is 1. The molecule has 1 aromatic heterocycles. The number of hydrogen-bond donors (Lipinski definition) is 1. The minimum absolute atomic E-state index is 0.762. The molecule has 3 nitrogen and oxygen atoms in total. The highest BCUT2D eigenvalue weighted by molar-refractivity contribution is 5.06. The fourth-order valence-corrected chi connectivity index (χ4v) is 1.67. The Bertz CT molecular complexity index is 307. The van der Waals surface area contributed by atoms with Crippen molar-refractivity contribution in [2.75, 3.05) is 20.1 Å². The van der Waals surface area contributed by atoms with Crippen molar-refractivity contribution in [1.29, 1.82) is 0 Å². The van der Waals surface area contributed by atoms with Gasteiger partial charge in [0.1, 0.15) is 11.5 Å². The summed E-state index contributed by atoms with van der Waals surface area (Å²) in [7, 11) is 2.15. The maximum atomic E-state index is 5.76. The molecule has 0 aliphatic carbocycles.